The van der Waals surface area contributed by atoms with E-state index in [-0.39, 0.29) is 17.4 Å². The van der Waals surface area contributed by atoms with Crippen molar-refractivity contribution in [3.05, 3.63) is 83.9 Å². The molecule has 1 atom stereocenters. The molecule has 0 spiro atoms. The molecular weight excluding hydrogens is 558 g/mol. The van der Waals surface area contributed by atoms with E-state index < -0.39 is 36.0 Å². The van der Waals surface area contributed by atoms with Gasteiger partial charge in [0.25, 0.3) is 5.91 Å². The molecule has 2 heterocycles. The van der Waals surface area contributed by atoms with Crippen molar-refractivity contribution in [2.24, 2.45) is 0 Å². The lowest BCUT2D eigenvalue weighted by Gasteiger charge is -2.34. The van der Waals surface area contributed by atoms with Crippen molar-refractivity contribution in [1.82, 2.24) is 25.5 Å². The van der Waals surface area contributed by atoms with Gasteiger partial charge in [-0.3, -0.25) is 14.5 Å². The molecule has 2 aliphatic rings. The van der Waals surface area contributed by atoms with Gasteiger partial charge < -0.3 is 14.8 Å². The molecule has 43 heavy (non-hydrogen) atoms. The van der Waals surface area contributed by atoms with Crippen molar-refractivity contribution in [3.8, 4) is 22.9 Å². The fraction of sp³-hybridized carbons (Fsp3) is 0.323. The molecule has 3 aromatic carbocycles. The van der Waals surface area contributed by atoms with Crippen LogP contribution in [0.3, 0.4) is 0 Å². The van der Waals surface area contributed by atoms with E-state index in [1.165, 1.54) is 41.3 Å². The first-order valence-corrected chi connectivity index (χ1v) is 14.3. The molecule has 1 aliphatic carbocycles. The quantitative estimate of drug-likeness (QED) is 0.320. The molecular formula is C31H30F2N6O4. The average Bonchev–Trinajstić information content (AvgIpc) is 3.48. The number of ether oxygens (including phenoxy) is 2. The van der Waals surface area contributed by atoms with Gasteiger partial charge in [-0.2, -0.15) is 4.80 Å². The van der Waals surface area contributed by atoms with Crippen molar-refractivity contribution < 1.29 is 27.8 Å². The maximum absolute atomic E-state index is 14.4. The van der Waals surface area contributed by atoms with Gasteiger partial charge in [0, 0.05) is 17.8 Å². The summed E-state index contributed by atoms with van der Waals surface area (Å²) >= 11 is 0. The van der Waals surface area contributed by atoms with Gasteiger partial charge in [-0.05, 0) is 60.0 Å². The minimum atomic E-state index is -1.16. The Morgan fingerprint density at radius 3 is 2.47 bits per heavy atom. The number of aromatic nitrogens is 4. The highest BCUT2D eigenvalue weighted by Gasteiger charge is 2.35. The SMILES string of the molecule is O=C(NC1CCCCC1)C(c1ccc(F)cc1)N(C(=O)Cn1nnc(-c2ccccc2F)n1)c1ccc2c(c1)OCCO2. The van der Waals surface area contributed by atoms with E-state index in [9.17, 15) is 18.4 Å². The van der Waals surface area contributed by atoms with Crippen molar-refractivity contribution in [3.63, 3.8) is 0 Å². The summed E-state index contributed by atoms with van der Waals surface area (Å²) in [5.74, 6) is -1.00. The minimum Gasteiger partial charge on any atom is -0.486 e. The molecule has 222 valence electrons. The van der Waals surface area contributed by atoms with Gasteiger partial charge in [-0.15, -0.1) is 10.2 Å². The van der Waals surface area contributed by atoms with Crippen LogP contribution in [0.25, 0.3) is 11.4 Å². The van der Waals surface area contributed by atoms with Gasteiger partial charge in [-0.1, -0.05) is 43.5 Å². The Kier molecular flexibility index (Phi) is 8.25. The number of amides is 2. The average molecular weight is 589 g/mol. The number of carbonyl (C=O) groups excluding carboxylic acids is 2. The van der Waals surface area contributed by atoms with Crippen molar-refractivity contribution in [2.75, 3.05) is 18.1 Å². The maximum Gasteiger partial charge on any atom is 0.251 e. The number of hydrogen-bond donors (Lipinski definition) is 1. The Morgan fingerprint density at radius 1 is 0.953 bits per heavy atom. The highest BCUT2D eigenvalue weighted by molar-refractivity contribution is 6.01. The zero-order valence-electron chi connectivity index (χ0n) is 23.3. The van der Waals surface area contributed by atoms with Crippen LogP contribution in [-0.4, -0.2) is 51.3 Å². The smallest absolute Gasteiger partial charge is 0.251 e. The summed E-state index contributed by atoms with van der Waals surface area (Å²) in [6, 6.07) is 15.2. The first-order valence-electron chi connectivity index (χ1n) is 14.3. The van der Waals surface area contributed by atoms with Crippen LogP contribution in [0.2, 0.25) is 0 Å². The molecule has 0 saturated heterocycles. The van der Waals surface area contributed by atoms with Crippen LogP contribution in [-0.2, 0) is 16.1 Å². The fourth-order valence-electron chi connectivity index (χ4n) is 5.47. The van der Waals surface area contributed by atoms with E-state index in [4.69, 9.17) is 9.47 Å². The molecule has 1 saturated carbocycles. The molecule has 12 heteroatoms. The topological polar surface area (TPSA) is 111 Å². The largest absolute Gasteiger partial charge is 0.486 e. The number of hydrogen-bond acceptors (Lipinski definition) is 7. The lowest BCUT2D eigenvalue weighted by Crippen LogP contribution is -2.48. The van der Waals surface area contributed by atoms with Gasteiger partial charge in [0.2, 0.25) is 11.7 Å². The molecule has 10 nitrogen and oxygen atoms in total. The summed E-state index contributed by atoms with van der Waals surface area (Å²) in [5.41, 5.74) is 0.911. The van der Waals surface area contributed by atoms with E-state index in [0.717, 1.165) is 36.9 Å². The van der Waals surface area contributed by atoms with Gasteiger partial charge in [0.05, 0.1) is 5.56 Å². The number of fused-ring (bicyclic) bond motifs is 1. The Morgan fingerprint density at radius 2 is 1.70 bits per heavy atom. The Balaban J connectivity index is 1.38. The van der Waals surface area contributed by atoms with Crippen LogP contribution >= 0.6 is 0 Å². The van der Waals surface area contributed by atoms with Crippen LogP contribution in [0, 0.1) is 11.6 Å². The summed E-state index contributed by atoms with van der Waals surface area (Å²) in [6.45, 7) is 0.305. The van der Waals surface area contributed by atoms with Gasteiger partial charge in [0.15, 0.2) is 11.5 Å². The molecule has 2 amide bonds. The summed E-state index contributed by atoms with van der Waals surface area (Å²) in [6.07, 6.45) is 4.77. The number of anilines is 1. The lowest BCUT2D eigenvalue weighted by atomic mass is 9.94. The molecule has 0 bridgehead atoms. The van der Waals surface area contributed by atoms with E-state index in [1.807, 2.05) is 0 Å². The zero-order valence-corrected chi connectivity index (χ0v) is 23.3. The second kappa shape index (κ2) is 12.6. The number of halogens is 2. The van der Waals surface area contributed by atoms with Gasteiger partial charge >= 0.3 is 0 Å². The second-order valence-electron chi connectivity index (χ2n) is 10.5. The zero-order chi connectivity index (χ0) is 29.8. The summed E-state index contributed by atoms with van der Waals surface area (Å²) in [5, 5.41) is 15.2. The van der Waals surface area contributed by atoms with Crippen molar-refractivity contribution in [1.29, 1.82) is 0 Å². The number of rotatable bonds is 8. The van der Waals surface area contributed by atoms with Gasteiger partial charge in [-0.25, -0.2) is 8.78 Å². The van der Waals surface area contributed by atoms with Crippen LogP contribution in [0.5, 0.6) is 11.5 Å². The standard InChI is InChI=1S/C31H30F2N6O4/c32-21-12-10-20(11-13-21)29(31(41)34-22-6-2-1-3-7-22)39(23-14-15-26-27(18-23)43-17-16-42-26)28(40)19-38-36-30(35-37-38)24-8-4-5-9-25(24)33/h4-5,8-15,18,22,29H,1-3,6-7,16-17,19H2,(H,34,41). The number of nitrogens with zero attached hydrogens (tertiary/aromatic N) is 5. The Hall–Kier alpha value is -4.87. The first-order chi connectivity index (χ1) is 21.0. The maximum atomic E-state index is 14.4. The predicted molar refractivity (Wildman–Crippen MR) is 152 cm³/mol. The normalized spacial score (nSPS) is 15.5. The van der Waals surface area contributed by atoms with Crippen molar-refractivity contribution in [2.45, 2.75) is 50.7 Å². The second-order valence-corrected chi connectivity index (χ2v) is 10.5. The summed E-state index contributed by atoms with van der Waals surface area (Å²) in [7, 11) is 0. The van der Waals surface area contributed by atoms with Crippen LogP contribution < -0.4 is 19.7 Å². The Labute approximate surface area is 246 Å². The number of carbonyl (C=O) groups is 2. The van der Waals surface area contributed by atoms with E-state index in [2.05, 4.69) is 20.7 Å². The molecule has 6 rings (SSSR count). The summed E-state index contributed by atoms with van der Waals surface area (Å²) in [4.78, 5) is 30.6. The molecule has 4 aromatic rings. The molecule has 1 fully saturated rings. The monoisotopic (exact) mass is 588 g/mol. The molecule has 1 aromatic heterocycles. The first kappa shape index (κ1) is 28.3. The lowest BCUT2D eigenvalue weighted by molar-refractivity contribution is -0.127. The molecule has 1 unspecified atom stereocenters. The third-order valence-electron chi connectivity index (χ3n) is 7.56. The predicted octanol–water partition coefficient (Wildman–Crippen LogP) is 4.61. The van der Waals surface area contributed by atoms with Crippen molar-refractivity contribution >= 4 is 17.5 Å². The van der Waals surface area contributed by atoms with Crippen LogP contribution in [0.4, 0.5) is 14.5 Å². The van der Waals surface area contributed by atoms with Crippen LogP contribution in [0.15, 0.2) is 66.7 Å². The Bertz CT molecular complexity index is 1610. The molecule has 1 aliphatic heterocycles. The number of benzene rings is 3. The van der Waals surface area contributed by atoms with E-state index >= 15 is 0 Å². The van der Waals surface area contributed by atoms with E-state index in [0.29, 0.717) is 36.0 Å². The summed E-state index contributed by atoms with van der Waals surface area (Å²) < 4.78 is 39.8. The highest BCUT2D eigenvalue weighted by Crippen LogP contribution is 2.37. The van der Waals surface area contributed by atoms with E-state index in [1.54, 1.807) is 30.3 Å². The molecule has 0 radical (unpaired) electrons. The third-order valence-corrected chi connectivity index (χ3v) is 7.56. The van der Waals surface area contributed by atoms with Crippen LogP contribution in [0.1, 0.15) is 43.7 Å². The minimum absolute atomic E-state index is 0.0157. The highest BCUT2D eigenvalue weighted by atomic mass is 19.1. The molecule has 1 N–H and O–H groups in total. The number of tetrazole rings is 1. The van der Waals surface area contributed by atoms with Gasteiger partial charge in [0.1, 0.15) is 37.4 Å². The number of nitrogens with one attached hydrogen (secondary N) is 1. The fourth-order valence-corrected chi connectivity index (χ4v) is 5.47. The third kappa shape index (κ3) is 6.32.